The zero-order chi connectivity index (χ0) is 17.0. The van der Waals surface area contributed by atoms with Crippen LogP contribution < -0.4 is 10.6 Å². The topological polar surface area (TPSA) is 63.2 Å². The Morgan fingerprint density at radius 2 is 2.04 bits per heavy atom. The van der Waals surface area contributed by atoms with Gasteiger partial charge in [0.25, 0.3) is 0 Å². The van der Waals surface area contributed by atoms with Crippen molar-refractivity contribution in [2.24, 2.45) is 0 Å². The van der Waals surface area contributed by atoms with Crippen LogP contribution in [-0.4, -0.2) is 28.8 Å². The van der Waals surface area contributed by atoms with Gasteiger partial charge in [0.2, 0.25) is 0 Å². The van der Waals surface area contributed by atoms with Gasteiger partial charge in [-0.05, 0) is 80.9 Å². The smallest absolute Gasteiger partial charge is 0.407 e. The van der Waals surface area contributed by atoms with Crippen LogP contribution >= 0.6 is 15.9 Å². The Kier molecular flexibility index (Phi) is 5.89. The highest BCUT2D eigenvalue weighted by Crippen LogP contribution is 2.24. The van der Waals surface area contributed by atoms with Gasteiger partial charge >= 0.3 is 6.09 Å². The summed E-state index contributed by atoms with van der Waals surface area (Å²) in [5.41, 5.74) is 1.67. The van der Waals surface area contributed by atoms with E-state index in [1.54, 1.807) is 0 Å². The number of nitrogens with zero attached hydrogens (tertiary/aromatic N) is 1. The van der Waals surface area contributed by atoms with Crippen molar-refractivity contribution in [1.29, 1.82) is 0 Å². The first-order chi connectivity index (χ1) is 10.7. The van der Waals surface area contributed by atoms with Crippen LogP contribution in [0.15, 0.2) is 16.9 Å². The van der Waals surface area contributed by atoms with E-state index in [1.165, 1.54) is 0 Å². The van der Waals surface area contributed by atoms with Crippen molar-refractivity contribution in [1.82, 2.24) is 10.3 Å². The first kappa shape index (κ1) is 18.0. The molecule has 1 aliphatic carbocycles. The second kappa shape index (κ2) is 7.51. The zero-order valence-corrected chi connectivity index (χ0v) is 15.9. The third-order valence-corrected chi connectivity index (χ3v) is 4.61. The van der Waals surface area contributed by atoms with E-state index in [1.807, 2.05) is 33.9 Å². The molecule has 1 saturated carbocycles. The molecule has 0 saturated heterocycles. The number of amides is 1. The molecule has 23 heavy (non-hydrogen) atoms. The monoisotopic (exact) mass is 383 g/mol. The standard InChI is InChI=1S/C17H26BrN3O2/c1-11-8-14(10-19-15(11)18)20-12-6-5-7-13(9-12)21-16(22)23-17(2,3)4/h8,10,12-13,20H,5-7,9H2,1-4H3,(H,21,22). The lowest BCUT2D eigenvalue weighted by molar-refractivity contribution is 0.0492. The lowest BCUT2D eigenvalue weighted by Gasteiger charge is -2.31. The van der Waals surface area contributed by atoms with Crippen LogP contribution in [0.25, 0.3) is 0 Å². The number of aromatic nitrogens is 1. The predicted molar refractivity (Wildman–Crippen MR) is 95.7 cm³/mol. The number of hydrogen-bond donors (Lipinski definition) is 2. The van der Waals surface area contributed by atoms with Crippen LogP contribution in [-0.2, 0) is 4.74 Å². The molecule has 1 fully saturated rings. The van der Waals surface area contributed by atoms with E-state index in [-0.39, 0.29) is 12.1 Å². The molecule has 5 nitrogen and oxygen atoms in total. The van der Waals surface area contributed by atoms with E-state index in [2.05, 4.69) is 37.6 Å². The number of aryl methyl sites for hydroxylation is 1. The maximum atomic E-state index is 11.9. The molecule has 0 aliphatic heterocycles. The fourth-order valence-corrected chi connectivity index (χ4v) is 3.02. The molecule has 128 valence electrons. The number of anilines is 1. The molecule has 2 unspecified atom stereocenters. The molecule has 1 aromatic heterocycles. The van der Waals surface area contributed by atoms with E-state index in [0.29, 0.717) is 6.04 Å². The number of nitrogens with one attached hydrogen (secondary N) is 2. The number of halogens is 1. The van der Waals surface area contributed by atoms with Crippen LogP contribution in [0.3, 0.4) is 0 Å². The van der Waals surface area contributed by atoms with Crippen molar-refractivity contribution in [3.8, 4) is 0 Å². The summed E-state index contributed by atoms with van der Waals surface area (Å²) in [6.07, 6.45) is 5.58. The second-order valence-corrected chi connectivity index (χ2v) is 7.93. The van der Waals surface area contributed by atoms with Gasteiger partial charge in [-0.15, -0.1) is 0 Å². The average Bonchev–Trinajstić information content (AvgIpc) is 2.41. The summed E-state index contributed by atoms with van der Waals surface area (Å²) < 4.78 is 6.21. The highest BCUT2D eigenvalue weighted by molar-refractivity contribution is 9.10. The van der Waals surface area contributed by atoms with E-state index >= 15 is 0 Å². The van der Waals surface area contributed by atoms with Gasteiger partial charge in [0, 0.05) is 12.1 Å². The van der Waals surface area contributed by atoms with Crippen molar-refractivity contribution in [3.05, 3.63) is 22.4 Å². The molecule has 0 aromatic carbocycles. The van der Waals surface area contributed by atoms with Crippen LogP contribution in [0.1, 0.15) is 52.0 Å². The Bertz CT molecular complexity index is 557. The zero-order valence-electron chi connectivity index (χ0n) is 14.3. The Labute approximate surface area is 146 Å². The van der Waals surface area contributed by atoms with E-state index in [0.717, 1.165) is 41.5 Å². The normalized spacial score (nSPS) is 21.6. The number of carbonyl (C=O) groups excluding carboxylic acids is 1. The molecule has 0 bridgehead atoms. The van der Waals surface area contributed by atoms with Gasteiger partial charge in [-0.2, -0.15) is 0 Å². The molecule has 1 aliphatic rings. The summed E-state index contributed by atoms with van der Waals surface area (Å²) >= 11 is 3.41. The minimum Gasteiger partial charge on any atom is -0.444 e. The molecule has 1 amide bonds. The summed E-state index contributed by atoms with van der Waals surface area (Å²) in [4.78, 5) is 16.2. The molecule has 2 rings (SSSR count). The maximum Gasteiger partial charge on any atom is 0.407 e. The molecular weight excluding hydrogens is 358 g/mol. The maximum absolute atomic E-state index is 11.9. The van der Waals surface area contributed by atoms with Crippen molar-refractivity contribution in [2.75, 3.05) is 5.32 Å². The van der Waals surface area contributed by atoms with Crippen molar-refractivity contribution in [3.63, 3.8) is 0 Å². The highest BCUT2D eigenvalue weighted by atomic mass is 79.9. The van der Waals surface area contributed by atoms with Crippen LogP contribution in [0, 0.1) is 6.92 Å². The highest BCUT2D eigenvalue weighted by Gasteiger charge is 2.25. The summed E-state index contributed by atoms with van der Waals surface area (Å²) in [6.45, 7) is 7.65. The lowest BCUT2D eigenvalue weighted by atomic mass is 9.91. The van der Waals surface area contributed by atoms with E-state index in [4.69, 9.17) is 4.74 Å². The fourth-order valence-electron chi connectivity index (χ4n) is 2.80. The van der Waals surface area contributed by atoms with Gasteiger partial charge in [0.05, 0.1) is 11.9 Å². The molecule has 2 atom stereocenters. The minimum absolute atomic E-state index is 0.153. The largest absolute Gasteiger partial charge is 0.444 e. The number of alkyl carbamates (subject to hydrolysis) is 1. The van der Waals surface area contributed by atoms with Crippen LogP contribution in [0.5, 0.6) is 0 Å². The van der Waals surface area contributed by atoms with E-state index < -0.39 is 5.60 Å². The van der Waals surface area contributed by atoms with E-state index in [9.17, 15) is 4.79 Å². The van der Waals surface area contributed by atoms with Gasteiger partial charge in [-0.3, -0.25) is 0 Å². The number of ether oxygens (including phenoxy) is 1. The quantitative estimate of drug-likeness (QED) is 0.759. The van der Waals surface area contributed by atoms with Crippen LogP contribution in [0.4, 0.5) is 10.5 Å². The van der Waals surface area contributed by atoms with Crippen molar-refractivity contribution >= 4 is 27.7 Å². The van der Waals surface area contributed by atoms with Gasteiger partial charge in [-0.25, -0.2) is 9.78 Å². The second-order valence-electron chi connectivity index (χ2n) is 7.18. The summed E-state index contributed by atoms with van der Waals surface area (Å²) in [5.74, 6) is 0. The molecular formula is C17H26BrN3O2. The van der Waals surface area contributed by atoms with Crippen molar-refractivity contribution < 1.29 is 9.53 Å². The molecule has 1 heterocycles. The molecule has 2 N–H and O–H groups in total. The number of rotatable bonds is 3. The Morgan fingerprint density at radius 1 is 1.35 bits per heavy atom. The van der Waals surface area contributed by atoms with Gasteiger partial charge < -0.3 is 15.4 Å². The molecule has 6 heteroatoms. The van der Waals surface area contributed by atoms with Gasteiger partial charge in [0.1, 0.15) is 10.2 Å². The number of hydrogen-bond acceptors (Lipinski definition) is 4. The van der Waals surface area contributed by atoms with Gasteiger partial charge in [0.15, 0.2) is 0 Å². The van der Waals surface area contributed by atoms with Gasteiger partial charge in [-0.1, -0.05) is 0 Å². The average molecular weight is 384 g/mol. The number of pyridine rings is 1. The Morgan fingerprint density at radius 3 is 2.70 bits per heavy atom. The number of carbonyl (C=O) groups is 1. The third-order valence-electron chi connectivity index (χ3n) is 3.78. The van der Waals surface area contributed by atoms with Crippen molar-refractivity contribution in [2.45, 2.75) is 71.1 Å². The minimum atomic E-state index is -0.461. The molecule has 0 spiro atoms. The molecule has 0 radical (unpaired) electrons. The summed E-state index contributed by atoms with van der Waals surface area (Å²) in [5, 5.41) is 6.51. The first-order valence-corrected chi connectivity index (χ1v) is 8.90. The Hall–Kier alpha value is -1.30. The lowest BCUT2D eigenvalue weighted by Crippen LogP contribution is -2.43. The fraction of sp³-hybridized carbons (Fsp3) is 0.647. The predicted octanol–water partition coefficient (Wildman–Crippen LogP) is 4.40. The molecule has 1 aromatic rings. The third kappa shape index (κ3) is 6.01. The first-order valence-electron chi connectivity index (χ1n) is 8.11. The summed E-state index contributed by atoms with van der Waals surface area (Å²) in [7, 11) is 0. The Balaban J connectivity index is 1.88. The van der Waals surface area contributed by atoms with Crippen LogP contribution in [0.2, 0.25) is 0 Å². The SMILES string of the molecule is Cc1cc(NC2CCCC(NC(=O)OC(C)(C)C)C2)cnc1Br. The summed E-state index contributed by atoms with van der Waals surface area (Å²) in [6, 6.07) is 2.58.